The van der Waals surface area contributed by atoms with Gasteiger partial charge in [-0.2, -0.15) is 4.37 Å². The summed E-state index contributed by atoms with van der Waals surface area (Å²) in [5.41, 5.74) is 0. The first kappa shape index (κ1) is 10.7. The summed E-state index contributed by atoms with van der Waals surface area (Å²) in [5, 5.41) is 0. The van der Waals surface area contributed by atoms with E-state index in [4.69, 9.17) is 4.74 Å². The average Bonchev–Trinajstić information content (AvgIpc) is 2.65. The standard InChI is InChI=1S/C10H17N3OS/c1-7-5-4-6-8(2)13(7)9-10(14-3)12-15-11-9/h7-8H,4-6H2,1-3H3. The average molecular weight is 227 g/mol. The summed E-state index contributed by atoms with van der Waals surface area (Å²) in [5.74, 6) is 1.59. The van der Waals surface area contributed by atoms with Gasteiger partial charge in [-0.3, -0.25) is 0 Å². The summed E-state index contributed by atoms with van der Waals surface area (Å²) in [6.07, 6.45) is 3.76. The van der Waals surface area contributed by atoms with E-state index < -0.39 is 0 Å². The Hall–Kier alpha value is -0.840. The molecule has 0 N–H and O–H groups in total. The lowest BCUT2D eigenvalue weighted by molar-refractivity contribution is 0.379. The van der Waals surface area contributed by atoms with E-state index >= 15 is 0 Å². The molecule has 84 valence electrons. The fraction of sp³-hybridized carbons (Fsp3) is 0.800. The van der Waals surface area contributed by atoms with Crippen LogP contribution in [-0.4, -0.2) is 27.9 Å². The van der Waals surface area contributed by atoms with Gasteiger partial charge < -0.3 is 9.64 Å². The van der Waals surface area contributed by atoms with Gasteiger partial charge in [0.1, 0.15) is 0 Å². The van der Waals surface area contributed by atoms with Gasteiger partial charge in [-0.05, 0) is 33.1 Å². The Kier molecular flexibility index (Phi) is 3.09. The van der Waals surface area contributed by atoms with Crippen molar-refractivity contribution in [3.8, 4) is 5.88 Å². The summed E-state index contributed by atoms with van der Waals surface area (Å²) >= 11 is 1.22. The third-order valence-electron chi connectivity index (χ3n) is 3.07. The van der Waals surface area contributed by atoms with Gasteiger partial charge in [0.2, 0.25) is 5.82 Å². The molecule has 0 bridgehead atoms. The topological polar surface area (TPSA) is 38.3 Å². The molecule has 2 rings (SSSR count). The van der Waals surface area contributed by atoms with Gasteiger partial charge >= 0.3 is 0 Å². The summed E-state index contributed by atoms with van der Waals surface area (Å²) in [6.45, 7) is 4.49. The van der Waals surface area contributed by atoms with Crippen molar-refractivity contribution < 1.29 is 4.74 Å². The van der Waals surface area contributed by atoms with Crippen molar-refractivity contribution in [3.63, 3.8) is 0 Å². The minimum absolute atomic E-state index is 0.534. The number of anilines is 1. The molecule has 1 aromatic rings. The highest BCUT2D eigenvalue weighted by Gasteiger charge is 2.29. The van der Waals surface area contributed by atoms with E-state index in [9.17, 15) is 0 Å². The molecule has 2 heterocycles. The highest BCUT2D eigenvalue weighted by molar-refractivity contribution is 6.99. The van der Waals surface area contributed by atoms with Gasteiger partial charge in [0, 0.05) is 12.1 Å². The number of piperidine rings is 1. The number of hydrogen-bond donors (Lipinski definition) is 0. The van der Waals surface area contributed by atoms with E-state index in [1.807, 2.05) is 0 Å². The van der Waals surface area contributed by atoms with Crippen molar-refractivity contribution >= 4 is 17.5 Å². The minimum atomic E-state index is 0.534. The van der Waals surface area contributed by atoms with Crippen LogP contribution in [0.25, 0.3) is 0 Å². The number of rotatable bonds is 2. The Morgan fingerprint density at radius 1 is 1.27 bits per heavy atom. The van der Waals surface area contributed by atoms with Gasteiger partial charge in [0.15, 0.2) is 0 Å². The molecule has 0 aliphatic carbocycles. The van der Waals surface area contributed by atoms with Crippen molar-refractivity contribution in [2.45, 2.75) is 45.2 Å². The zero-order valence-corrected chi connectivity index (χ0v) is 10.3. The van der Waals surface area contributed by atoms with E-state index in [0.29, 0.717) is 18.0 Å². The van der Waals surface area contributed by atoms with E-state index in [-0.39, 0.29) is 0 Å². The summed E-state index contributed by atoms with van der Waals surface area (Å²) in [4.78, 5) is 2.34. The molecule has 0 spiro atoms. The van der Waals surface area contributed by atoms with Crippen LogP contribution in [0.15, 0.2) is 0 Å². The zero-order valence-electron chi connectivity index (χ0n) is 9.43. The molecule has 0 saturated carbocycles. The molecule has 1 aliphatic rings. The number of hydrogen-bond acceptors (Lipinski definition) is 5. The zero-order chi connectivity index (χ0) is 10.8. The molecule has 0 amide bonds. The minimum Gasteiger partial charge on any atom is -0.478 e. The molecule has 1 aliphatic heterocycles. The van der Waals surface area contributed by atoms with Crippen LogP contribution in [0, 0.1) is 0 Å². The Morgan fingerprint density at radius 3 is 2.53 bits per heavy atom. The number of aromatic nitrogens is 2. The van der Waals surface area contributed by atoms with Crippen molar-refractivity contribution in [2.75, 3.05) is 12.0 Å². The summed E-state index contributed by atoms with van der Waals surface area (Å²) < 4.78 is 13.7. The maximum atomic E-state index is 5.23. The van der Waals surface area contributed by atoms with Crippen LogP contribution in [0.5, 0.6) is 5.88 Å². The Balaban J connectivity index is 2.27. The van der Waals surface area contributed by atoms with Crippen LogP contribution >= 0.6 is 11.7 Å². The SMILES string of the molecule is COc1nsnc1N1C(C)CCCC1C. The third kappa shape index (κ3) is 1.93. The van der Waals surface area contributed by atoms with Gasteiger partial charge in [-0.15, -0.1) is 4.37 Å². The Labute approximate surface area is 94.6 Å². The largest absolute Gasteiger partial charge is 0.478 e. The van der Waals surface area contributed by atoms with E-state index in [0.717, 1.165) is 5.82 Å². The fourth-order valence-electron chi connectivity index (χ4n) is 2.30. The van der Waals surface area contributed by atoms with Crippen LogP contribution < -0.4 is 9.64 Å². The van der Waals surface area contributed by atoms with E-state index in [1.165, 1.54) is 31.0 Å². The second kappa shape index (κ2) is 4.35. The van der Waals surface area contributed by atoms with Gasteiger partial charge in [-0.25, -0.2) is 0 Å². The second-order valence-electron chi connectivity index (χ2n) is 4.13. The Morgan fingerprint density at radius 2 is 1.93 bits per heavy atom. The van der Waals surface area contributed by atoms with Crippen LogP contribution in [0.1, 0.15) is 33.1 Å². The molecule has 1 aromatic heterocycles. The smallest absolute Gasteiger partial charge is 0.270 e. The molecule has 0 aromatic carbocycles. The highest BCUT2D eigenvalue weighted by Crippen LogP contribution is 2.33. The maximum Gasteiger partial charge on any atom is 0.270 e. The molecule has 2 unspecified atom stereocenters. The van der Waals surface area contributed by atoms with Crippen LogP contribution in [-0.2, 0) is 0 Å². The summed E-state index contributed by atoms with van der Waals surface area (Å²) in [7, 11) is 1.65. The van der Waals surface area contributed by atoms with Crippen LogP contribution in [0.4, 0.5) is 5.82 Å². The quantitative estimate of drug-likeness (QED) is 0.777. The molecular weight excluding hydrogens is 210 g/mol. The first-order valence-electron chi connectivity index (χ1n) is 5.39. The first-order chi connectivity index (χ1) is 7.24. The lowest BCUT2D eigenvalue weighted by Gasteiger charge is -2.39. The molecule has 2 atom stereocenters. The van der Waals surface area contributed by atoms with Gasteiger partial charge in [-0.1, -0.05) is 0 Å². The van der Waals surface area contributed by atoms with Crippen molar-refractivity contribution in [3.05, 3.63) is 0 Å². The van der Waals surface area contributed by atoms with E-state index in [1.54, 1.807) is 7.11 Å². The monoisotopic (exact) mass is 227 g/mol. The molecule has 1 fully saturated rings. The van der Waals surface area contributed by atoms with Gasteiger partial charge in [0.05, 0.1) is 18.8 Å². The first-order valence-corrected chi connectivity index (χ1v) is 6.12. The fourth-order valence-corrected chi connectivity index (χ4v) is 2.82. The lowest BCUT2D eigenvalue weighted by Crippen LogP contribution is -2.44. The molecule has 15 heavy (non-hydrogen) atoms. The molecule has 4 nitrogen and oxygen atoms in total. The predicted molar refractivity (Wildman–Crippen MR) is 61.7 cm³/mol. The second-order valence-corrected chi connectivity index (χ2v) is 4.66. The van der Waals surface area contributed by atoms with E-state index in [2.05, 4.69) is 27.5 Å². The van der Waals surface area contributed by atoms with Gasteiger partial charge in [0.25, 0.3) is 5.88 Å². The number of nitrogens with zero attached hydrogens (tertiary/aromatic N) is 3. The maximum absolute atomic E-state index is 5.23. The predicted octanol–water partition coefficient (Wildman–Crippen LogP) is 2.31. The summed E-state index contributed by atoms with van der Waals surface area (Å²) in [6, 6.07) is 1.07. The lowest BCUT2D eigenvalue weighted by atomic mass is 9.98. The molecular formula is C10H17N3OS. The Bertz CT molecular complexity index is 318. The highest BCUT2D eigenvalue weighted by atomic mass is 32.1. The van der Waals surface area contributed by atoms with Crippen LogP contribution in [0.3, 0.4) is 0 Å². The van der Waals surface area contributed by atoms with Crippen molar-refractivity contribution in [2.24, 2.45) is 0 Å². The number of ether oxygens (including phenoxy) is 1. The number of methoxy groups -OCH3 is 1. The molecule has 0 radical (unpaired) electrons. The normalized spacial score (nSPS) is 26.7. The third-order valence-corrected chi connectivity index (χ3v) is 3.58. The molecule has 5 heteroatoms. The van der Waals surface area contributed by atoms with Crippen LogP contribution in [0.2, 0.25) is 0 Å². The van der Waals surface area contributed by atoms with Crippen molar-refractivity contribution in [1.82, 2.24) is 8.75 Å². The van der Waals surface area contributed by atoms with Crippen molar-refractivity contribution in [1.29, 1.82) is 0 Å². The molecule has 1 saturated heterocycles.